The van der Waals surface area contributed by atoms with Crippen molar-refractivity contribution in [3.05, 3.63) is 29.8 Å². The van der Waals surface area contributed by atoms with Gasteiger partial charge < -0.3 is 9.47 Å². The molecule has 0 heterocycles. The highest BCUT2D eigenvalue weighted by molar-refractivity contribution is 5.60. The van der Waals surface area contributed by atoms with Gasteiger partial charge in [0.1, 0.15) is 0 Å². The van der Waals surface area contributed by atoms with Gasteiger partial charge in [-0.05, 0) is 17.7 Å². The molecule has 0 aliphatic rings. The van der Waals surface area contributed by atoms with Gasteiger partial charge in [-0.2, -0.15) is 0 Å². The van der Waals surface area contributed by atoms with E-state index in [-0.39, 0.29) is 0 Å². The molecule has 0 aliphatic carbocycles. The average Bonchev–Trinajstić information content (AvgIpc) is 2.29. The number of ether oxygens (including phenoxy) is 2. The van der Waals surface area contributed by atoms with E-state index in [2.05, 4.69) is 0 Å². The molecular weight excluding hydrogens is 192 g/mol. The van der Waals surface area contributed by atoms with Gasteiger partial charge in [-0.15, -0.1) is 0 Å². The van der Waals surface area contributed by atoms with Crippen LogP contribution in [0.1, 0.15) is 12.0 Å². The summed E-state index contributed by atoms with van der Waals surface area (Å²) >= 11 is 0. The molecule has 1 rings (SSSR count). The molecular formula is C12H13O3. The van der Waals surface area contributed by atoms with Crippen LogP contribution < -0.4 is 9.47 Å². The van der Waals surface area contributed by atoms with Crippen molar-refractivity contribution in [1.29, 1.82) is 0 Å². The fraction of sp³-hybridized carbons (Fsp3) is 0.250. The monoisotopic (exact) mass is 205 g/mol. The molecule has 0 fully saturated rings. The van der Waals surface area contributed by atoms with Crippen LogP contribution in [0.3, 0.4) is 0 Å². The predicted octanol–water partition coefficient (Wildman–Crippen LogP) is 2.22. The average molecular weight is 205 g/mol. The van der Waals surface area contributed by atoms with Crippen molar-refractivity contribution in [2.24, 2.45) is 0 Å². The Balaban J connectivity index is 2.87. The zero-order chi connectivity index (χ0) is 11.1. The number of hydrogen-bond donors (Lipinski definition) is 0. The molecule has 79 valence electrons. The topological polar surface area (TPSA) is 35.5 Å². The van der Waals surface area contributed by atoms with E-state index in [1.54, 1.807) is 26.6 Å². The summed E-state index contributed by atoms with van der Waals surface area (Å²) < 4.78 is 10.3. The third kappa shape index (κ3) is 3.13. The maximum absolute atomic E-state index is 10.00. The van der Waals surface area contributed by atoms with E-state index in [0.717, 1.165) is 5.56 Å². The third-order valence-corrected chi connectivity index (χ3v) is 1.92. The zero-order valence-electron chi connectivity index (χ0n) is 8.82. The van der Waals surface area contributed by atoms with Gasteiger partial charge >= 0.3 is 0 Å². The molecule has 1 aromatic rings. The molecule has 15 heavy (non-hydrogen) atoms. The van der Waals surface area contributed by atoms with E-state index < -0.39 is 0 Å². The Labute approximate surface area is 89.3 Å². The van der Waals surface area contributed by atoms with E-state index in [9.17, 15) is 4.79 Å². The largest absolute Gasteiger partial charge is 0.493 e. The van der Waals surface area contributed by atoms with Gasteiger partial charge in [0.05, 0.1) is 14.2 Å². The first-order valence-corrected chi connectivity index (χ1v) is 4.55. The van der Waals surface area contributed by atoms with E-state index >= 15 is 0 Å². The Hall–Kier alpha value is -1.77. The van der Waals surface area contributed by atoms with Crippen LogP contribution in [-0.4, -0.2) is 20.5 Å². The molecule has 0 N–H and O–H groups in total. The van der Waals surface area contributed by atoms with Crippen LogP contribution in [0, 0.1) is 0 Å². The quantitative estimate of drug-likeness (QED) is 0.739. The van der Waals surface area contributed by atoms with Crippen molar-refractivity contribution >= 4 is 12.4 Å². The van der Waals surface area contributed by atoms with E-state index in [1.165, 1.54) is 0 Å². The summed E-state index contributed by atoms with van der Waals surface area (Å²) in [4.78, 5) is 10.00. The van der Waals surface area contributed by atoms with Gasteiger partial charge in [-0.25, -0.2) is 0 Å². The number of benzene rings is 1. The van der Waals surface area contributed by atoms with Gasteiger partial charge in [-0.3, -0.25) is 4.79 Å². The second-order valence-corrected chi connectivity index (χ2v) is 2.87. The normalized spacial score (nSPS) is 10.3. The summed E-state index contributed by atoms with van der Waals surface area (Å²) in [6, 6.07) is 5.56. The van der Waals surface area contributed by atoms with Crippen molar-refractivity contribution in [3.8, 4) is 11.5 Å². The molecule has 0 saturated carbocycles. The SMILES string of the molecule is COc1ccc(C=CC[C]=O)cc1OC. The maximum atomic E-state index is 10.00. The number of hydrogen-bond acceptors (Lipinski definition) is 3. The highest BCUT2D eigenvalue weighted by atomic mass is 16.5. The fourth-order valence-electron chi connectivity index (χ4n) is 1.20. The molecule has 3 nitrogen and oxygen atoms in total. The molecule has 1 aromatic carbocycles. The summed E-state index contributed by atoms with van der Waals surface area (Å²) in [5.41, 5.74) is 0.961. The minimum atomic E-state index is 0.300. The van der Waals surface area contributed by atoms with Crippen molar-refractivity contribution in [2.75, 3.05) is 14.2 Å². The van der Waals surface area contributed by atoms with Crippen LogP contribution in [-0.2, 0) is 4.79 Å². The van der Waals surface area contributed by atoms with Gasteiger partial charge in [-0.1, -0.05) is 18.2 Å². The summed E-state index contributed by atoms with van der Waals surface area (Å²) in [7, 11) is 3.18. The summed E-state index contributed by atoms with van der Waals surface area (Å²) in [5, 5.41) is 0. The lowest BCUT2D eigenvalue weighted by Crippen LogP contribution is -1.90. The minimum Gasteiger partial charge on any atom is -0.493 e. The molecule has 0 amide bonds. The van der Waals surface area contributed by atoms with Crippen molar-refractivity contribution in [3.63, 3.8) is 0 Å². The van der Waals surface area contributed by atoms with Crippen molar-refractivity contribution < 1.29 is 14.3 Å². The predicted molar refractivity (Wildman–Crippen MR) is 58.9 cm³/mol. The van der Waals surface area contributed by atoms with E-state index in [0.29, 0.717) is 17.9 Å². The van der Waals surface area contributed by atoms with Crippen LogP contribution in [0.25, 0.3) is 6.08 Å². The van der Waals surface area contributed by atoms with Crippen LogP contribution >= 0.6 is 0 Å². The first-order valence-electron chi connectivity index (χ1n) is 4.55. The van der Waals surface area contributed by atoms with E-state index in [1.807, 2.05) is 24.3 Å². The first kappa shape index (κ1) is 11.3. The lowest BCUT2D eigenvalue weighted by Gasteiger charge is -2.07. The summed E-state index contributed by atoms with van der Waals surface area (Å²) in [6.45, 7) is 0. The van der Waals surface area contributed by atoms with Gasteiger partial charge in [0.2, 0.25) is 6.29 Å². The van der Waals surface area contributed by atoms with Gasteiger partial charge in [0.25, 0.3) is 0 Å². The third-order valence-electron chi connectivity index (χ3n) is 1.92. The smallest absolute Gasteiger partial charge is 0.202 e. The molecule has 0 bridgehead atoms. The first-order chi connectivity index (χ1) is 7.31. The fourth-order valence-corrected chi connectivity index (χ4v) is 1.20. The maximum Gasteiger partial charge on any atom is 0.202 e. The Morgan fingerprint density at radius 2 is 2.00 bits per heavy atom. The lowest BCUT2D eigenvalue weighted by molar-refractivity contribution is 0.355. The standard InChI is InChI=1S/C12H13O3/c1-14-11-7-6-10(5-3-4-8-13)9-12(11)15-2/h3,5-7,9H,4H2,1-2H3. The van der Waals surface area contributed by atoms with Crippen LogP contribution in [0.4, 0.5) is 0 Å². The number of rotatable bonds is 5. The van der Waals surface area contributed by atoms with E-state index in [4.69, 9.17) is 9.47 Å². The number of allylic oxidation sites excluding steroid dienone is 1. The molecule has 1 radical (unpaired) electrons. The van der Waals surface area contributed by atoms with Crippen LogP contribution in [0.2, 0.25) is 0 Å². The molecule has 3 heteroatoms. The molecule has 0 atom stereocenters. The lowest BCUT2D eigenvalue weighted by atomic mass is 10.2. The highest BCUT2D eigenvalue weighted by Crippen LogP contribution is 2.27. The second kappa shape index (κ2) is 5.86. The Kier molecular flexibility index (Phi) is 4.41. The van der Waals surface area contributed by atoms with Gasteiger partial charge in [0, 0.05) is 6.42 Å². The zero-order valence-corrected chi connectivity index (χ0v) is 8.82. The summed E-state index contributed by atoms with van der Waals surface area (Å²) in [5.74, 6) is 1.37. The second-order valence-electron chi connectivity index (χ2n) is 2.87. The van der Waals surface area contributed by atoms with Crippen molar-refractivity contribution in [2.45, 2.75) is 6.42 Å². The molecule has 0 spiro atoms. The number of methoxy groups -OCH3 is 2. The number of carbonyl (C=O) groups excluding carboxylic acids is 1. The molecule has 0 unspecified atom stereocenters. The van der Waals surface area contributed by atoms with Crippen LogP contribution in [0.15, 0.2) is 24.3 Å². The Morgan fingerprint density at radius 3 is 2.60 bits per heavy atom. The van der Waals surface area contributed by atoms with Crippen LogP contribution in [0.5, 0.6) is 11.5 Å². The van der Waals surface area contributed by atoms with Gasteiger partial charge in [0.15, 0.2) is 11.5 Å². The Bertz CT molecular complexity index is 356. The molecule has 0 aromatic heterocycles. The summed E-state index contributed by atoms with van der Waals surface area (Å²) in [6.07, 6.45) is 5.68. The molecule has 0 aliphatic heterocycles. The Morgan fingerprint density at radius 1 is 1.27 bits per heavy atom. The highest BCUT2D eigenvalue weighted by Gasteiger charge is 2.01. The van der Waals surface area contributed by atoms with Crippen molar-refractivity contribution in [1.82, 2.24) is 0 Å². The molecule has 0 saturated heterocycles. The minimum absolute atomic E-state index is 0.300.